The molecule has 0 aliphatic carbocycles. The first kappa shape index (κ1) is 18.1. The van der Waals surface area contributed by atoms with Crippen LogP contribution in [0.4, 0.5) is 10.1 Å². The first-order valence-corrected chi connectivity index (χ1v) is 8.08. The fraction of sp³-hybridized carbons (Fsp3) is 0.105. The number of nitro groups is 1. The summed E-state index contributed by atoms with van der Waals surface area (Å²) in [7, 11) is 0. The monoisotopic (exact) mass is 369 g/mol. The van der Waals surface area contributed by atoms with Crippen molar-refractivity contribution in [3.63, 3.8) is 0 Å². The van der Waals surface area contributed by atoms with Crippen LogP contribution in [0, 0.1) is 15.9 Å². The van der Waals surface area contributed by atoms with Crippen molar-refractivity contribution in [2.45, 2.75) is 6.54 Å². The number of benzene rings is 2. The molecule has 0 bridgehead atoms. The zero-order valence-corrected chi connectivity index (χ0v) is 14.2. The van der Waals surface area contributed by atoms with Gasteiger partial charge in [0, 0.05) is 36.8 Å². The number of amides is 1. The van der Waals surface area contributed by atoms with Crippen LogP contribution < -0.4 is 10.1 Å². The highest BCUT2D eigenvalue weighted by molar-refractivity contribution is 5.77. The van der Waals surface area contributed by atoms with Gasteiger partial charge in [-0.15, -0.1) is 0 Å². The fourth-order valence-electron chi connectivity index (χ4n) is 2.44. The Labute approximate surface area is 154 Å². The van der Waals surface area contributed by atoms with Crippen molar-refractivity contribution < 1.29 is 18.8 Å². The third-order valence-electron chi connectivity index (χ3n) is 3.81. The van der Waals surface area contributed by atoms with Crippen molar-refractivity contribution in [1.29, 1.82) is 0 Å². The van der Waals surface area contributed by atoms with E-state index in [1.807, 2.05) is 53.4 Å². The molecule has 2 aromatic carbocycles. The van der Waals surface area contributed by atoms with E-state index in [0.29, 0.717) is 0 Å². The molecule has 1 aromatic heterocycles. The molecule has 0 fully saturated rings. The van der Waals surface area contributed by atoms with Crippen LogP contribution in [-0.2, 0) is 11.3 Å². The number of aromatic nitrogens is 1. The maximum atomic E-state index is 13.2. The molecule has 1 N–H and O–H groups in total. The molecule has 3 aromatic rings. The third kappa shape index (κ3) is 4.69. The lowest BCUT2D eigenvalue weighted by atomic mass is 10.2. The quantitative estimate of drug-likeness (QED) is 0.512. The topological polar surface area (TPSA) is 86.4 Å². The molecule has 8 heteroatoms. The van der Waals surface area contributed by atoms with Crippen molar-refractivity contribution in [3.05, 3.63) is 88.5 Å². The summed E-state index contributed by atoms with van der Waals surface area (Å²) in [5.74, 6) is -1.44. The maximum absolute atomic E-state index is 13.2. The normalized spacial score (nSPS) is 10.4. The van der Waals surface area contributed by atoms with Gasteiger partial charge in [-0.1, -0.05) is 12.1 Å². The molecule has 0 spiro atoms. The first-order chi connectivity index (χ1) is 13.0. The second kappa shape index (κ2) is 8.13. The van der Waals surface area contributed by atoms with Gasteiger partial charge < -0.3 is 14.6 Å². The molecular weight excluding hydrogens is 353 g/mol. The number of nitrogens with zero attached hydrogens (tertiary/aromatic N) is 2. The maximum Gasteiger partial charge on any atom is 0.311 e. The molecule has 3 rings (SSSR count). The van der Waals surface area contributed by atoms with E-state index in [0.717, 1.165) is 29.4 Å². The zero-order chi connectivity index (χ0) is 19.2. The Hall–Kier alpha value is -3.68. The average molecular weight is 369 g/mol. The van der Waals surface area contributed by atoms with E-state index in [4.69, 9.17) is 4.74 Å². The summed E-state index contributed by atoms with van der Waals surface area (Å²) in [6.07, 6.45) is 3.86. The number of rotatable bonds is 7. The van der Waals surface area contributed by atoms with Gasteiger partial charge >= 0.3 is 5.69 Å². The van der Waals surface area contributed by atoms with Gasteiger partial charge in [0.2, 0.25) is 5.75 Å². The van der Waals surface area contributed by atoms with Gasteiger partial charge in [0.1, 0.15) is 5.82 Å². The van der Waals surface area contributed by atoms with E-state index in [1.165, 1.54) is 0 Å². The smallest absolute Gasteiger partial charge is 0.311 e. The van der Waals surface area contributed by atoms with E-state index in [1.54, 1.807) is 0 Å². The number of nitro benzene ring substituents is 1. The second-order valence-electron chi connectivity index (χ2n) is 5.69. The lowest BCUT2D eigenvalue weighted by molar-refractivity contribution is -0.385. The highest BCUT2D eigenvalue weighted by Gasteiger charge is 2.17. The highest BCUT2D eigenvalue weighted by Crippen LogP contribution is 2.27. The van der Waals surface area contributed by atoms with Gasteiger partial charge in [0.15, 0.2) is 6.61 Å². The summed E-state index contributed by atoms with van der Waals surface area (Å²) in [5, 5.41) is 13.6. The first-order valence-electron chi connectivity index (χ1n) is 8.08. The molecule has 0 unspecified atom stereocenters. The molecule has 0 saturated heterocycles. The Bertz CT molecular complexity index is 940. The predicted molar refractivity (Wildman–Crippen MR) is 96.2 cm³/mol. The van der Waals surface area contributed by atoms with Crippen molar-refractivity contribution in [3.8, 4) is 11.4 Å². The zero-order valence-electron chi connectivity index (χ0n) is 14.2. The third-order valence-corrected chi connectivity index (χ3v) is 3.81. The minimum Gasteiger partial charge on any atom is -0.477 e. The van der Waals surface area contributed by atoms with Crippen molar-refractivity contribution in [2.24, 2.45) is 0 Å². The summed E-state index contributed by atoms with van der Waals surface area (Å²) in [4.78, 5) is 22.1. The number of halogens is 1. The molecule has 1 amide bonds. The summed E-state index contributed by atoms with van der Waals surface area (Å²) < 4.78 is 20.3. The molecular formula is C19H16FN3O4. The van der Waals surface area contributed by atoms with Crippen LogP contribution in [0.1, 0.15) is 5.56 Å². The van der Waals surface area contributed by atoms with Crippen LogP contribution in [0.2, 0.25) is 0 Å². The Balaban J connectivity index is 1.53. The SMILES string of the molecule is O=C(COc1cc(F)ccc1[N+](=O)[O-])NCc1ccc(-n2cccc2)cc1. The van der Waals surface area contributed by atoms with E-state index >= 15 is 0 Å². The minimum atomic E-state index is -0.695. The number of hydrogen-bond donors (Lipinski definition) is 1. The highest BCUT2D eigenvalue weighted by atomic mass is 19.1. The second-order valence-corrected chi connectivity index (χ2v) is 5.69. The van der Waals surface area contributed by atoms with Crippen molar-refractivity contribution >= 4 is 11.6 Å². The molecule has 0 saturated carbocycles. The van der Waals surface area contributed by atoms with Gasteiger partial charge in [-0.3, -0.25) is 14.9 Å². The molecule has 1 heterocycles. The van der Waals surface area contributed by atoms with Gasteiger partial charge in [-0.25, -0.2) is 4.39 Å². The Morgan fingerprint density at radius 1 is 1.15 bits per heavy atom. The van der Waals surface area contributed by atoms with Crippen LogP contribution in [-0.4, -0.2) is 22.0 Å². The van der Waals surface area contributed by atoms with E-state index in [-0.39, 0.29) is 12.3 Å². The largest absolute Gasteiger partial charge is 0.477 e. The molecule has 27 heavy (non-hydrogen) atoms. The van der Waals surface area contributed by atoms with Gasteiger partial charge in [-0.2, -0.15) is 0 Å². The Morgan fingerprint density at radius 2 is 1.85 bits per heavy atom. The summed E-state index contributed by atoms with van der Waals surface area (Å²) in [5.41, 5.74) is 1.48. The lowest BCUT2D eigenvalue weighted by Crippen LogP contribution is -2.28. The van der Waals surface area contributed by atoms with Gasteiger partial charge in [0.05, 0.1) is 4.92 Å². The fourth-order valence-corrected chi connectivity index (χ4v) is 2.44. The molecule has 0 aliphatic rings. The molecule has 0 atom stereocenters. The summed E-state index contributed by atoms with van der Waals surface area (Å²) >= 11 is 0. The summed E-state index contributed by atoms with van der Waals surface area (Å²) in [6, 6.07) is 14.3. The van der Waals surface area contributed by atoms with Gasteiger partial charge in [-0.05, 0) is 35.9 Å². The number of nitrogens with one attached hydrogen (secondary N) is 1. The standard InChI is InChI=1S/C19H16FN3O4/c20-15-5-8-17(23(25)26)18(11-15)27-13-19(24)21-12-14-3-6-16(7-4-14)22-9-1-2-10-22/h1-11H,12-13H2,(H,21,24). The van der Waals surface area contributed by atoms with Crippen molar-refractivity contribution in [1.82, 2.24) is 9.88 Å². The van der Waals surface area contributed by atoms with E-state index < -0.39 is 28.9 Å². The Kier molecular flexibility index (Phi) is 5.46. The minimum absolute atomic E-state index is 0.277. The lowest BCUT2D eigenvalue weighted by Gasteiger charge is -2.09. The molecule has 138 valence electrons. The molecule has 0 radical (unpaired) electrons. The van der Waals surface area contributed by atoms with Gasteiger partial charge in [0.25, 0.3) is 5.91 Å². The van der Waals surface area contributed by atoms with Crippen LogP contribution >= 0.6 is 0 Å². The predicted octanol–water partition coefficient (Wildman–Crippen LogP) is 3.22. The number of carbonyl (C=O) groups is 1. The number of ether oxygens (including phenoxy) is 1. The number of hydrogen-bond acceptors (Lipinski definition) is 4. The van der Waals surface area contributed by atoms with Crippen LogP contribution in [0.3, 0.4) is 0 Å². The van der Waals surface area contributed by atoms with E-state index in [9.17, 15) is 19.3 Å². The van der Waals surface area contributed by atoms with Crippen LogP contribution in [0.5, 0.6) is 5.75 Å². The average Bonchev–Trinajstić information content (AvgIpc) is 3.19. The Morgan fingerprint density at radius 3 is 2.52 bits per heavy atom. The van der Waals surface area contributed by atoms with Crippen LogP contribution in [0.25, 0.3) is 5.69 Å². The number of carbonyl (C=O) groups excluding carboxylic acids is 1. The molecule has 7 nitrogen and oxygen atoms in total. The van der Waals surface area contributed by atoms with Crippen LogP contribution in [0.15, 0.2) is 67.0 Å². The van der Waals surface area contributed by atoms with E-state index in [2.05, 4.69) is 5.32 Å². The molecule has 0 aliphatic heterocycles. The van der Waals surface area contributed by atoms with Crippen molar-refractivity contribution in [2.75, 3.05) is 6.61 Å². The summed E-state index contributed by atoms with van der Waals surface area (Å²) in [6.45, 7) is -0.175.